The second-order valence-electron chi connectivity index (χ2n) is 8.17. The number of rotatable bonds is 4. The maximum atomic E-state index is 12.9. The standard InChI is InChI=1S/C22H26N2O5S/c1-22(2)15-19(18-5-3-4-6-20(18)29-22)23-21(25)16-7-9-17(10-8-16)30(26,27)24-11-13-28-14-12-24/h3-10,19H,11-15H2,1-2H3,(H,23,25)/t19-/m0/s1. The summed E-state index contributed by atoms with van der Waals surface area (Å²) in [5, 5.41) is 3.07. The van der Waals surface area contributed by atoms with E-state index in [0.29, 0.717) is 38.3 Å². The highest BCUT2D eigenvalue weighted by Gasteiger charge is 2.34. The Bertz CT molecular complexity index is 1030. The van der Waals surface area contributed by atoms with Crippen molar-refractivity contribution in [2.75, 3.05) is 26.3 Å². The van der Waals surface area contributed by atoms with Gasteiger partial charge in [-0.1, -0.05) is 18.2 Å². The predicted molar refractivity (Wildman–Crippen MR) is 112 cm³/mol. The van der Waals surface area contributed by atoms with Gasteiger partial charge in [0.25, 0.3) is 5.91 Å². The summed E-state index contributed by atoms with van der Waals surface area (Å²) < 4.78 is 38.2. The number of carbonyl (C=O) groups excluding carboxylic acids is 1. The number of morpholine rings is 1. The normalized spacial score (nSPS) is 21.3. The summed E-state index contributed by atoms with van der Waals surface area (Å²) in [5.41, 5.74) is 0.956. The average molecular weight is 431 g/mol. The van der Waals surface area contributed by atoms with Gasteiger partial charge >= 0.3 is 0 Å². The van der Waals surface area contributed by atoms with Gasteiger partial charge in [0.1, 0.15) is 11.4 Å². The van der Waals surface area contributed by atoms with Gasteiger partial charge in [-0.25, -0.2) is 8.42 Å². The van der Waals surface area contributed by atoms with E-state index in [2.05, 4.69) is 5.32 Å². The molecule has 2 aliphatic heterocycles. The fourth-order valence-corrected chi connectivity index (χ4v) is 5.29. The van der Waals surface area contributed by atoms with E-state index in [4.69, 9.17) is 9.47 Å². The average Bonchev–Trinajstić information content (AvgIpc) is 2.73. The van der Waals surface area contributed by atoms with Crippen LogP contribution in [0.5, 0.6) is 5.75 Å². The third-order valence-electron chi connectivity index (χ3n) is 5.41. The van der Waals surface area contributed by atoms with Crippen LogP contribution < -0.4 is 10.1 Å². The highest BCUT2D eigenvalue weighted by atomic mass is 32.2. The van der Waals surface area contributed by atoms with Crippen molar-refractivity contribution < 1.29 is 22.7 Å². The Hall–Kier alpha value is -2.42. The molecule has 0 unspecified atom stereocenters. The largest absolute Gasteiger partial charge is 0.487 e. The molecule has 2 heterocycles. The van der Waals surface area contributed by atoms with Gasteiger partial charge in [-0.3, -0.25) is 4.79 Å². The molecule has 1 amide bonds. The van der Waals surface area contributed by atoms with Crippen molar-refractivity contribution in [3.8, 4) is 5.75 Å². The van der Waals surface area contributed by atoms with Crippen LogP contribution in [0.3, 0.4) is 0 Å². The fraction of sp³-hybridized carbons (Fsp3) is 0.409. The summed E-state index contributed by atoms with van der Waals surface area (Å²) in [6, 6.07) is 13.6. The zero-order valence-corrected chi connectivity index (χ0v) is 17.9. The third kappa shape index (κ3) is 4.21. The van der Waals surface area contributed by atoms with Crippen molar-refractivity contribution in [2.45, 2.75) is 36.8 Å². The minimum Gasteiger partial charge on any atom is -0.487 e. The van der Waals surface area contributed by atoms with E-state index in [9.17, 15) is 13.2 Å². The zero-order chi connectivity index (χ0) is 21.4. The summed E-state index contributed by atoms with van der Waals surface area (Å²) in [6.07, 6.45) is 0.638. The molecule has 0 spiro atoms. The molecule has 4 rings (SSSR count). The van der Waals surface area contributed by atoms with Gasteiger partial charge in [0.2, 0.25) is 10.0 Å². The Morgan fingerprint density at radius 2 is 1.73 bits per heavy atom. The summed E-state index contributed by atoms with van der Waals surface area (Å²) in [4.78, 5) is 13.0. The van der Waals surface area contributed by atoms with Gasteiger partial charge in [-0.05, 0) is 44.2 Å². The smallest absolute Gasteiger partial charge is 0.251 e. The molecule has 1 atom stereocenters. The van der Waals surface area contributed by atoms with Crippen LogP contribution in [0.25, 0.3) is 0 Å². The summed E-state index contributed by atoms with van der Waals surface area (Å²) in [6.45, 7) is 5.44. The van der Waals surface area contributed by atoms with Gasteiger partial charge in [-0.15, -0.1) is 0 Å². The lowest BCUT2D eigenvalue weighted by molar-refractivity contribution is 0.0619. The molecule has 0 aliphatic carbocycles. The van der Waals surface area contributed by atoms with E-state index in [1.54, 1.807) is 12.1 Å². The molecule has 0 radical (unpaired) electrons. The first-order valence-corrected chi connectivity index (χ1v) is 11.5. The number of nitrogens with zero attached hydrogens (tertiary/aromatic N) is 1. The third-order valence-corrected chi connectivity index (χ3v) is 7.32. The monoisotopic (exact) mass is 430 g/mol. The van der Waals surface area contributed by atoms with Crippen LogP contribution >= 0.6 is 0 Å². The summed E-state index contributed by atoms with van der Waals surface area (Å²) in [5.74, 6) is 0.522. The van der Waals surface area contributed by atoms with Crippen LogP contribution in [0, 0.1) is 0 Å². The second-order valence-corrected chi connectivity index (χ2v) is 10.1. The first-order valence-electron chi connectivity index (χ1n) is 10.0. The highest BCUT2D eigenvalue weighted by Crippen LogP contribution is 2.39. The van der Waals surface area contributed by atoms with Crippen molar-refractivity contribution in [1.82, 2.24) is 9.62 Å². The minimum atomic E-state index is -3.58. The van der Waals surface area contributed by atoms with Crippen LogP contribution in [0.1, 0.15) is 42.2 Å². The van der Waals surface area contributed by atoms with E-state index in [1.165, 1.54) is 16.4 Å². The van der Waals surface area contributed by atoms with E-state index >= 15 is 0 Å². The van der Waals surface area contributed by atoms with Gasteiger partial charge < -0.3 is 14.8 Å². The van der Waals surface area contributed by atoms with Gasteiger partial charge in [-0.2, -0.15) is 4.31 Å². The number of ether oxygens (including phenoxy) is 2. The van der Waals surface area contributed by atoms with Crippen molar-refractivity contribution in [1.29, 1.82) is 0 Å². The number of benzene rings is 2. The van der Waals surface area contributed by atoms with Crippen LogP contribution in [0.2, 0.25) is 0 Å². The molecule has 7 nitrogen and oxygen atoms in total. The quantitative estimate of drug-likeness (QED) is 0.806. The molecule has 2 aliphatic rings. The van der Waals surface area contributed by atoms with Crippen molar-refractivity contribution in [2.24, 2.45) is 0 Å². The Balaban J connectivity index is 1.51. The Labute approximate surface area is 177 Å². The molecule has 0 bridgehead atoms. The highest BCUT2D eigenvalue weighted by molar-refractivity contribution is 7.89. The molecule has 2 aromatic rings. The Morgan fingerprint density at radius 3 is 2.43 bits per heavy atom. The summed E-state index contributed by atoms with van der Waals surface area (Å²) >= 11 is 0. The predicted octanol–water partition coefficient (Wildman–Crippen LogP) is 2.74. The number of amides is 1. The second kappa shape index (κ2) is 8.02. The molecular formula is C22H26N2O5S. The van der Waals surface area contributed by atoms with Gasteiger partial charge in [0.15, 0.2) is 0 Å². The Morgan fingerprint density at radius 1 is 1.07 bits per heavy atom. The molecule has 30 heavy (non-hydrogen) atoms. The SMILES string of the molecule is CC1(C)C[C@H](NC(=O)c2ccc(S(=O)(=O)N3CCOCC3)cc2)c2ccccc2O1. The molecule has 160 valence electrons. The first-order chi connectivity index (χ1) is 14.3. The maximum absolute atomic E-state index is 12.9. The van der Waals surface area contributed by atoms with Crippen LogP contribution in [-0.2, 0) is 14.8 Å². The lowest BCUT2D eigenvalue weighted by Gasteiger charge is -2.37. The van der Waals surface area contributed by atoms with Crippen molar-refractivity contribution in [3.05, 3.63) is 59.7 Å². The zero-order valence-electron chi connectivity index (χ0n) is 17.1. The van der Waals surface area contributed by atoms with Gasteiger partial charge in [0, 0.05) is 30.6 Å². The van der Waals surface area contributed by atoms with Gasteiger partial charge in [0.05, 0.1) is 24.2 Å². The number of nitrogens with one attached hydrogen (secondary N) is 1. The van der Waals surface area contributed by atoms with Crippen molar-refractivity contribution in [3.63, 3.8) is 0 Å². The lowest BCUT2D eigenvalue weighted by atomic mass is 9.89. The van der Waals surface area contributed by atoms with E-state index in [1.807, 2.05) is 38.1 Å². The number of hydrogen-bond donors (Lipinski definition) is 1. The summed E-state index contributed by atoms with van der Waals surface area (Å²) in [7, 11) is -3.58. The number of para-hydroxylation sites is 1. The fourth-order valence-electron chi connectivity index (χ4n) is 3.89. The lowest BCUT2D eigenvalue weighted by Crippen LogP contribution is -2.41. The number of sulfonamides is 1. The van der Waals surface area contributed by atoms with Crippen LogP contribution in [0.15, 0.2) is 53.4 Å². The van der Waals surface area contributed by atoms with E-state index in [-0.39, 0.29) is 16.8 Å². The minimum absolute atomic E-state index is 0.179. The van der Waals surface area contributed by atoms with E-state index in [0.717, 1.165) is 11.3 Å². The number of carbonyl (C=O) groups is 1. The molecule has 1 saturated heterocycles. The molecule has 1 fully saturated rings. The Kier molecular flexibility index (Phi) is 5.57. The van der Waals surface area contributed by atoms with Crippen LogP contribution in [-0.4, -0.2) is 50.5 Å². The molecule has 8 heteroatoms. The molecule has 0 aromatic heterocycles. The van der Waals surface area contributed by atoms with Crippen molar-refractivity contribution >= 4 is 15.9 Å². The molecule has 0 saturated carbocycles. The molecular weight excluding hydrogens is 404 g/mol. The molecule has 1 N–H and O–H groups in total. The number of hydrogen-bond acceptors (Lipinski definition) is 5. The van der Waals surface area contributed by atoms with E-state index < -0.39 is 15.6 Å². The first kappa shape index (κ1) is 20.8. The topological polar surface area (TPSA) is 84.9 Å². The molecule has 2 aromatic carbocycles. The van der Waals surface area contributed by atoms with Crippen LogP contribution in [0.4, 0.5) is 0 Å². The maximum Gasteiger partial charge on any atom is 0.251 e. The number of fused-ring (bicyclic) bond motifs is 1.